The van der Waals surface area contributed by atoms with E-state index in [1.807, 2.05) is 0 Å². The molecule has 3 heteroatoms. The Morgan fingerprint density at radius 2 is 2.00 bits per heavy atom. The molecule has 0 saturated heterocycles. The Bertz CT molecular complexity index is 56.4. The Morgan fingerprint density at radius 1 is 1.50 bits per heavy atom. The van der Waals surface area contributed by atoms with Gasteiger partial charge in [0.2, 0.25) is 0 Å². The van der Waals surface area contributed by atoms with Gasteiger partial charge < -0.3 is 0 Å². The van der Waals surface area contributed by atoms with E-state index in [4.69, 9.17) is 0 Å². The molecule has 0 aromatic heterocycles. The average molecular weight is 215 g/mol. The zero-order valence-corrected chi connectivity index (χ0v) is 8.58. The molecular formula is C5H12S2Se. The van der Waals surface area contributed by atoms with E-state index in [1.54, 1.807) is 0 Å². The van der Waals surface area contributed by atoms with Gasteiger partial charge in [-0.25, -0.2) is 0 Å². The zero-order chi connectivity index (χ0) is 6.57. The number of rotatable bonds is 3. The van der Waals surface area contributed by atoms with Crippen molar-refractivity contribution in [3.63, 3.8) is 0 Å². The van der Waals surface area contributed by atoms with Crippen LogP contribution in [-0.4, -0.2) is 20.6 Å². The number of hydrogen-bond acceptors (Lipinski definition) is 2. The molecule has 0 aromatic carbocycles. The Kier molecular flexibility index (Phi) is 5.81. The third-order valence-corrected chi connectivity index (χ3v) is 2.58. The molecular weight excluding hydrogens is 203 g/mol. The fraction of sp³-hybridized carbons (Fsp3) is 1.00. The molecule has 1 atom stereocenters. The van der Waals surface area contributed by atoms with E-state index in [9.17, 15) is 0 Å². The van der Waals surface area contributed by atoms with Crippen molar-refractivity contribution < 1.29 is 0 Å². The summed E-state index contributed by atoms with van der Waals surface area (Å²) >= 11 is 10.9. The molecule has 0 bridgehead atoms. The van der Waals surface area contributed by atoms with Gasteiger partial charge in [0.05, 0.1) is 0 Å². The molecule has 0 fully saturated rings. The predicted octanol–water partition coefficient (Wildman–Crippen LogP) is 1.66. The summed E-state index contributed by atoms with van der Waals surface area (Å²) in [5.41, 5.74) is 0. The summed E-state index contributed by atoms with van der Waals surface area (Å²) in [5.74, 6) is 0. The van der Waals surface area contributed by atoms with E-state index in [2.05, 4.69) is 48.2 Å². The molecule has 0 aliphatic heterocycles. The third kappa shape index (κ3) is 5.36. The zero-order valence-electron chi connectivity index (χ0n) is 4.91. The second-order valence-corrected chi connectivity index (χ2v) is 4.96. The third-order valence-electron chi connectivity index (χ3n) is 0.954. The van der Waals surface area contributed by atoms with Gasteiger partial charge in [0, 0.05) is 0 Å². The topological polar surface area (TPSA) is 0 Å². The van der Waals surface area contributed by atoms with Gasteiger partial charge in [0.15, 0.2) is 0 Å². The van der Waals surface area contributed by atoms with Crippen molar-refractivity contribution in [1.29, 1.82) is 0 Å². The molecule has 0 aliphatic carbocycles. The molecule has 0 aromatic rings. The van der Waals surface area contributed by atoms with Crippen LogP contribution in [-0.2, 0) is 0 Å². The predicted molar refractivity (Wildman–Crippen MR) is 47.6 cm³/mol. The summed E-state index contributed by atoms with van der Waals surface area (Å²) in [6.45, 7) is 2.17. The summed E-state index contributed by atoms with van der Waals surface area (Å²) in [4.78, 5) is 0.711. The first kappa shape index (κ1) is 9.22. The number of hydrogen-bond donors (Lipinski definition) is 2. The van der Waals surface area contributed by atoms with E-state index in [-0.39, 0.29) is 4.58 Å². The summed E-state index contributed by atoms with van der Waals surface area (Å²) in [6.07, 6.45) is 2.29. The average Bonchev–Trinajstić information content (AvgIpc) is 1.65. The van der Waals surface area contributed by atoms with Crippen LogP contribution in [0.5, 0.6) is 0 Å². The van der Waals surface area contributed by atoms with E-state index in [1.165, 1.54) is 6.42 Å². The van der Waals surface area contributed by atoms with Crippen molar-refractivity contribution in [3.8, 4) is 0 Å². The number of thiol groups is 2. The molecule has 1 unspecified atom stereocenters. The summed E-state index contributed by atoms with van der Waals surface area (Å²) in [5, 5.41) is 0. The van der Waals surface area contributed by atoms with Crippen molar-refractivity contribution in [3.05, 3.63) is 0 Å². The Labute approximate surface area is 70.4 Å². The molecule has 0 saturated carbocycles. The van der Waals surface area contributed by atoms with Gasteiger partial charge in [-0.2, -0.15) is 0 Å². The van der Waals surface area contributed by atoms with Gasteiger partial charge in [-0.3, -0.25) is 0 Å². The maximum atomic E-state index is 4.15. The molecule has 0 radical (unpaired) electrons. The molecule has 0 amide bonds. The Morgan fingerprint density at radius 3 is 2.12 bits per heavy atom. The second kappa shape index (κ2) is 5.04. The van der Waals surface area contributed by atoms with Crippen LogP contribution < -0.4 is 0 Å². The first-order valence-corrected chi connectivity index (χ1v) is 4.82. The van der Waals surface area contributed by atoms with Crippen molar-refractivity contribution in [2.45, 2.75) is 29.2 Å². The van der Waals surface area contributed by atoms with E-state index >= 15 is 0 Å². The van der Waals surface area contributed by atoms with Gasteiger partial charge in [0.1, 0.15) is 0 Å². The summed E-state index contributed by atoms with van der Waals surface area (Å²) in [6, 6.07) is 0. The molecule has 8 heavy (non-hydrogen) atoms. The SMILES string of the molecule is CCC([SeH])CC(S)S. The van der Waals surface area contributed by atoms with Gasteiger partial charge in [-0.05, 0) is 0 Å². The van der Waals surface area contributed by atoms with Crippen LogP contribution in [0.25, 0.3) is 0 Å². The standard InChI is InChI=1S/C5H12S2Se/c1-2-4(8)3-5(6)7/h4-8H,2-3H2,1H3. The minimum atomic E-state index is 0.253. The van der Waals surface area contributed by atoms with Gasteiger partial charge in [0.25, 0.3) is 0 Å². The Balaban J connectivity index is 3.10. The molecule has 0 heterocycles. The molecule has 0 nitrogen and oxygen atoms in total. The quantitative estimate of drug-likeness (QED) is 0.399. The van der Waals surface area contributed by atoms with Crippen LogP contribution >= 0.6 is 25.3 Å². The van der Waals surface area contributed by atoms with Crippen molar-refractivity contribution >= 4 is 41.3 Å². The minimum absolute atomic E-state index is 0.253. The van der Waals surface area contributed by atoms with E-state index in [0.29, 0.717) is 4.82 Å². The fourth-order valence-corrected chi connectivity index (χ4v) is 2.08. The summed E-state index contributed by atoms with van der Waals surface area (Å²) < 4.78 is 0.253. The van der Waals surface area contributed by atoms with Crippen LogP contribution in [0.4, 0.5) is 0 Å². The molecule has 0 rings (SSSR count). The van der Waals surface area contributed by atoms with Gasteiger partial charge in [-0.1, -0.05) is 0 Å². The van der Waals surface area contributed by atoms with Crippen LogP contribution in [0.1, 0.15) is 19.8 Å². The van der Waals surface area contributed by atoms with Crippen LogP contribution in [0.3, 0.4) is 0 Å². The van der Waals surface area contributed by atoms with Crippen molar-refractivity contribution in [2.75, 3.05) is 0 Å². The maximum absolute atomic E-state index is 4.15. The molecule has 0 spiro atoms. The van der Waals surface area contributed by atoms with Crippen LogP contribution in [0, 0.1) is 0 Å². The van der Waals surface area contributed by atoms with Crippen molar-refractivity contribution in [1.82, 2.24) is 0 Å². The van der Waals surface area contributed by atoms with Gasteiger partial charge in [-0.15, -0.1) is 0 Å². The molecule has 0 N–H and O–H groups in total. The first-order valence-electron chi connectivity index (χ1n) is 2.71. The summed E-state index contributed by atoms with van der Waals surface area (Å²) in [7, 11) is 0. The van der Waals surface area contributed by atoms with Crippen LogP contribution in [0.2, 0.25) is 4.82 Å². The molecule has 0 aliphatic rings. The van der Waals surface area contributed by atoms with E-state index in [0.717, 1.165) is 6.42 Å². The fourth-order valence-electron chi connectivity index (χ4n) is 0.410. The monoisotopic (exact) mass is 216 g/mol. The van der Waals surface area contributed by atoms with Crippen LogP contribution in [0.15, 0.2) is 0 Å². The normalized spacial score (nSPS) is 14.6. The first-order chi connectivity index (χ1) is 3.66. The molecule has 50 valence electrons. The van der Waals surface area contributed by atoms with Crippen molar-refractivity contribution in [2.24, 2.45) is 0 Å². The second-order valence-electron chi connectivity index (χ2n) is 1.78. The van der Waals surface area contributed by atoms with Gasteiger partial charge >= 0.3 is 70.4 Å². The van der Waals surface area contributed by atoms with E-state index < -0.39 is 0 Å². The Hall–Kier alpha value is 1.22.